The largest absolute Gasteiger partial charge is 0.355 e. The van der Waals surface area contributed by atoms with Crippen LogP contribution in [0.4, 0.5) is 13.6 Å². The van der Waals surface area contributed by atoms with E-state index in [4.69, 9.17) is 0 Å². The molecule has 0 saturated heterocycles. The van der Waals surface area contributed by atoms with Gasteiger partial charge in [0.25, 0.3) is 0 Å². The van der Waals surface area contributed by atoms with Crippen molar-refractivity contribution in [2.45, 2.75) is 6.42 Å². The van der Waals surface area contributed by atoms with E-state index in [9.17, 15) is 13.6 Å². The average Bonchev–Trinajstić information content (AvgIpc) is 2.72. The van der Waals surface area contributed by atoms with Crippen LogP contribution in [0.5, 0.6) is 0 Å². The van der Waals surface area contributed by atoms with Crippen molar-refractivity contribution in [3.63, 3.8) is 0 Å². The third-order valence-corrected chi connectivity index (χ3v) is 2.72. The van der Waals surface area contributed by atoms with Crippen LogP contribution in [0.3, 0.4) is 0 Å². The van der Waals surface area contributed by atoms with Gasteiger partial charge >= 0.3 is 6.03 Å². The molecule has 7 heteroatoms. The second kappa shape index (κ2) is 8.38. The Kier molecular flexibility index (Phi) is 5.93. The molecule has 2 rings (SSSR count). The molecule has 0 fully saturated rings. The number of hydrogen-bond donors (Lipinski definition) is 2. The number of halogens is 2. The molecule has 0 bridgehead atoms. The molecule has 0 aromatic heterocycles. The maximum atomic E-state index is 12.9. The van der Waals surface area contributed by atoms with Gasteiger partial charge in [-0.2, -0.15) is 10.2 Å². The molecule has 0 atom stereocenters. The lowest BCUT2D eigenvalue weighted by Crippen LogP contribution is -2.28. The molecule has 0 saturated carbocycles. The number of hydrazone groups is 2. The number of nitrogens with zero attached hydrogens (tertiary/aromatic N) is 2. The number of rotatable bonds is 4. The number of amides is 2. The SMILES string of the molecule is O=C(N/N=C/C1=CC=CC(F)=CC1)N/N=C/c1cccc(F)c1. The van der Waals surface area contributed by atoms with E-state index >= 15 is 0 Å². The highest BCUT2D eigenvalue weighted by Crippen LogP contribution is 2.10. The molecule has 0 radical (unpaired) electrons. The third-order valence-electron chi connectivity index (χ3n) is 2.72. The van der Waals surface area contributed by atoms with Crippen LogP contribution in [0.25, 0.3) is 0 Å². The number of carbonyl (C=O) groups is 1. The van der Waals surface area contributed by atoms with E-state index in [0.717, 1.165) is 5.57 Å². The Morgan fingerprint density at radius 2 is 1.96 bits per heavy atom. The van der Waals surface area contributed by atoms with Crippen LogP contribution in [0.15, 0.2) is 70.2 Å². The van der Waals surface area contributed by atoms with Gasteiger partial charge in [0.1, 0.15) is 11.6 Å². The van der Waals surface area contributed by atoms with Crippen molar-refractivity contribution in [3.8, 4) is 0 Å². The summed E-state index contributed by atoms with van der Waals surface area (Å²) < 4.78 is 25.9. The molecule has 1 aliphatic carbocycles. The van der Waals surface area contributed by atoms with Gasteiger partial charge in [-0.1, -0.05) is 24.3 Å². The highest BCUT2D eigenvalue weighted by Gasteiger charge is 1.98. The highest BCUT2D eigenvalue weighted by atomic mass is 19.1. The van der Waals surface area contributed by atoms with Gasteiger partial charge in [-0.25, -0.2) is 24.4 Å². The zero-order valence-electron chi connectivity index (χ0n) is 12.0. The van der Waals surface area contributed by atoms with E-state index in [1.165, 1.54) is 42.8 Å². The first-order valence-electron chi connectivity index (χ1n) is 6.74. The third kappa shape index (κ3) is 6.04. The topological polar surface area (TPSA) is 65.8 Å². The van der Waals surface area contributed by atoms with Gasteiger partial charge in [0.2, 0.25) is 0 Å². The Labute approximate surface area is 131 Å². The first-order chi connectivity index (χ1) is 11.1. The molecule has 0 spiro atoms. The fraction of sp³-hybridized carbons (Fsp3) is 0.0625. The van der Waals surface area contributed by atoms with Crippen molar-refractivity contribution >= 4 is 18.5 Å². The molecule has 2 amide bonds. The molecule has 5 nitrogen and oxygen atoms in total. The number of benzene rings is 1. The number of allylic oxidation sites excluding steroid dienone is 6. The smallest absolute Gasteiger partial charge is 0.245 e. The van der Waals surface area contributed by atoms with Crippen molar-refractivity contribution in [3.05, 3.63) is 71.4 Å². The van der Waals surface area contributed by atoms with Crippen LogP contribution in [0.2, 0.25) is 0 Å². The molecule has 1 aromatic rings. The van der Waals surface area contributed by atoms with E-state index < -0.39 is 6.03 Å². The highest BCUT2D eigenvalue weighted by molar-refractivity contribution is 5.83. The lowest BCUT2D eigenvalue weighted by atomic mass is 10.2. The Morgan fingerprint density at radius 3 is 2.74 bits per heavy atom. The lowest BCUT2D eigenvalue weighted by Gasteiger charge is -1.98. The van der Waals surface area contributed by atoms with Gasteiger partial charge in [0.15, 0.2) is 0 Å². The van der Waals surface area contributed by atoms with Crippen molar-refractivity contribution in [2.75, 3.05) is 0 Å². The summed E-state index contributed by atoms with van der Waals surface area (Å²) in [4.78, 5) is 11.4. The van der Waals surface area contributed by atoms with Crippen LogP contribution in [0.1, 0.15) is 12.0 Å². The Morgan fingerprint density at radius 1 is 1.17 bits per heavy atom. The monoisotopic (exact) mass is 316 g/mol. The molecular weight excluding hydrogens is 302 g/mol. The van der Waals surface area contributed by atoms with E-state index in [2.05, 4.69) is 21.1 Å². The second-order valence-electron chi connectivity index (χ2n) is 4.52. The zero-order chi connectivity index (χ0) is 16.5. The standard InChI is InChI=1S/C16H14F2N4O/c17-14-5-1-3-12(7-8-14)10-19-21-16(23)22-20-11-13-4-2-6-15(18)9-13/h1-6,8-11H,7H2,(H2,21,22,23)/b19-10+,20-11+. The fourth-order valence-corrected chi connectivity index (χ4v) is 1.66. The molecule has 2 N–H and O–H groups in total. The van der Waals surface area contributed by atoms with Crippen LogP contribution in [-0.4, -0.2) is 18.5 Å². The van der Waals surface area contributed by atoms with E-state index in [-0.39, 0.29) is 11.6 Å². The molecular formula is C16H14F2N4O. The molecule has 23 heavy (non-hydrogen) atoms. The van der Waals surface area contributed by atoms with Crippen LogP contribution >= 0.6 is 0 Å². The molecule has 1 aliphatic rings. The van der Waals surface area contributed by atoms with Crippen LogP contribution in [0, 0.1) is 5.82 Å². The zero-order valence-corrected chi connectivity index (χ0v) is 12.0. The minimum Gasteiger partial charge on any atom is -0.245 e. The number of carbonyl (C=O) groups excluding carboxylic acids is 1. The molecule has 0 aliphatic heterocycles. The van der Waals surface area contributed by atoms with Gasteiger partial charge < -0.3 is 0 Å². The summed E-state index contributed by atoms with van der Waals surface area (Å²) in [7, 11) is 0. The number of hydrogen-bond acceptors (Lipinski definition) is 3. The van der Waals surface area contributed by atoms with Crippen molar-refractivity contribution < 1.29 is 13.6 Å². The summed E-state index contributed by atoms with van der Waals surface area (Å²) in [6.45, 7) is 0. The molecule has 118 valence electrons. The van der Waals surface area contributed by atoms with Gasteiger partial charge in [0.05, 0.1) is 12.4 Å². The normalized spacial score (nSPS) is 14.5. The minimum absolute atomic E-state index is 0.318. The summed E-state index contributed by atoms with van der Waals surface area (Å²) in [5.41, 5.74) is 5.64. The summed E-state index contributed by atoms with van der Waals surface area (Å²) in [6.07, 6.45) is 9.09. The Hall–Kier alpha value is -3.09. The van der Waals surface area contributed by atoms with Gasteiger partial charge in [0, 0.05) is 0 Å². The Balaban J connectivity index is 1.78. The molecule has 1 aromatic carbocycles. The Bertz CT molecular complexity index is 718. The van der Waals surface area contributed by atoms with Crippen LogP contribution in [-0.2, 0) is 0 Å². The van der Waals surface area contributed by atoms with Crippen molar-refractivity contribution in [2.24, 2.45) is 10.2 Å². The maximum absolute atomic E-state index is 12.9. The lowest BCUT2D eigenvalue weighted by molar-refractivity contribution is 0.242. The van der Waals surface area contributed by atoms with Crippen molar-refractivity contribution in [1.82, 2.24) is 10.9 Å². The van der Waals surface area contributed by atoms with Gasteiger partial charge in [-0.15, -0.1) is 0 Å². The number of nitrogens with one attached hydrogen (secondary N) is 2. The predicted octanol–water partition coefficient (Wildman–Crippen LogP) is 3.18. The quantitative estimate of drug-likeness (QED) is 0.650. The van der Waals surface area contributed by atoms with Gasteiger partial charge in [-0.05, 0) is 41.8 Å². The van der Waals surface area contributed by atoms with E-state index in [1.54, 1.807) is 18.2 Å². The first kappa shape index (κ1) is 16.3. The average molecular weight is 316 g/mol. The van der Waals surface area contributed by atoms with Crippen molar-refractivity contribution in [1.29, 1.82) is 0 Å². The first-order valence-corrected chi connectivity index (χ1v) is 6.74. The predicted molar refractivity (Wildman–Crippen MR) is 85.2 cm³/mol. The molecule has 0 heterocycles. The summed E-state index contributed by atoms with van der Waals surface area (Å²) >= 11 is 0. The number of urea groups is 1. The van der Waals surface area contributed by atoms with E-state index in [0.29, 0.717) is 12.0 Å². The minimum atomic E-state index is -0.652. The summed E-state index contributed by atoms with van der Waals surface area (Å²) in [5, 5.41) is 7.39. The second-order valence-corrected chi connectivity index (χ2v) is 4.52. The van der Waals surface area contributed by atoms with Crippen LogP contribution < -0.4 is 10.9 Å². The maximum Gasteiger partial charge on any atom is 0.355 e. The van der Waals surface area contributed by atoms with E-state index in [1.807, 2.05) is 0 Å². The molecule has 0 unspecified atom stereocenters. The van der Waals surface area contributed by atoms with Gasteiger partial charge in [-0.3, -0.25) is 0 Å². The summed E-state index contributed by atoms with van der Waals surface area (Å²) in [6, 6.07) is 5.11. The summed E-state index contributed by atoms with van der Waals surface area (Å²) in [5.74, 6) is -0.707. The fourth-order valence-electron chi connectivity index (χ4n) is 1.66.